The van der Waals surface area contributed by atoms with E-state index in [2.05, 4.69) is 10.2 Å². The van der Waals surface area contributed by atoms with Crippen molar-refractivity contribution < 1.29 is 5.11 Å². The number of hydrogen-bond acceptors (Lipinski definition) is 3. The Morgan fingerprint density at radius 1 is 1.10 bits per heavy atom. The lowest BCUT2D eigenvalue weighted by molar-refractivity contribution is 0.0941. The molecule has 1 saturated heterocycles. The van der Waals surface area contributed by atoms with E-state index in [0.29, 0.717) is 6.04 Å². The first-order chi connectivity index (χ1) is 9.81. The number of hydrogen-bond donors (Lipinski definition) is 2. The molecule has 1 saturated carbocycles. The van der Waals surface area contributed by atoms with Crippen LogP contribution in [0.1, 0.15) is 37.4 Å². The highest BCUT2D eigenvalue weighted by molar-refractivity contribution is 5.17. The lowest BCUT2D eigenvalue weighted by atomic mass is 10.0. The fourth-order valence-electron chi connectivity index (χ4n) is 3.00. The molecule has 0 spiro atoms. The van der Waals surface area contributed by atoms with E-state index in [0.717, 1.165) is 31.1 Å². The number of benzene rings is 1. The summed E-state index contributed by atoms with van der Waals surface area (Å²) in [6.45, 7) is 4.19. The van der Waals surface area contributed by atoms with E-state index in [9.17, 15) is 5.11 Å². The number of aliphatic hydroxyl groups is 1. The normalized spacial score (nSPS) is 22.9. The van der Waals surface area contributed by atoms with Gasteiger partial charge in [-0.25, -0.2) is 0 Å². The smallest absolute Gasteiger partial charge is 0.0916 e. The van der Waals surface area contributed by atoms with E-state index in [-0.39, 0.29) is 6.10 Å². The van der Waals surface area contributed by atoms with Gasteiger partial charge in [0.1, 0.15) is 0 Å². The third kappa shape index (κ3) is 4.05. The summed E-state index contributed by atoms with van der Waals surface area (Å²) in [5, 5.41) is 14.0. The molecule has 2 N–H and O–H groups in total. The van der Waals surface area contributed by atoms with Crippen LogP contribution in [0.25, 0.3) is 0 Å². The Hall–Kier alpha value is -0.900. The van der Waals surface area contributed by atoms with Gasteiger partial charge in [-0.15, -0.1) is 0 Å². The van der Waals surface area contributed by atoms with Gasteiger partial charge in [-0.2, -0.15) is 0 Å². The molecule has 0 aromatic heterocycles. The van der Waals surface area contributed by atoms with Crippen LogP contribution < -0.4 is 5.32 Å². The number of nitrogens with one attached hydrogen (secondary N) is 1. The van der Waals surface area contributed by atoms with Crippen LogP contribution in [0, 0.1) is 5.92 Å². The number of nitrogens with zero attached hydrogens (tertiary/aromatic N) is 1. The van der Waals surface area contributed by atoms with Crippen LogP contribution in [0.15, 0.2) is 30.3 Å². The summed E-state index contributed by atoms with van der Waals surface area (Å²) < 4.78 is 0. The van der Waals surface area contributed by atoms with Crippen molar-refractivity contribution in [1.82, 2.24) is 10.2 Å². The Bertz CT molecular complexity index is 397. The molecule has 3 heteroatoms. The molecule has 3 nitrogen and oxygen atoms in total. The van der Waals surface area contributed by atoms with Crippen molar-refractivity contribution in [2.75, 3.05) is 26.2 Å². The number of likely N-dealkylation sites (tertiary alicyclic amines) is 1. The van der Waals surface area contributed by atoms with E-state index < -0.39 is 0 Å². The molecule has 0 bridgehead atoms. The zero-order chi connectivity index (χ0) is 13.8. The molecule has 2 fully saturated rings. The Kier molecular flexibility index (Phi) is 4.71. The van der Waals surface area contributed by atoms with Crippen LogP contribution in [0.2, 0.25) is 0 Å². The molecule has 0 amide bonds. The largest absolute Gasteiger partial charge is 0.387 e. The fraction of sp³-hybridized carbons (Fsp3) is 0.647. The van der Waals surface area contributed by atoms with E-state index >= 15 is 0 Å². The van der Waals surface area contributed by atoms with Gasteiger partial charge < -0.3 is 15.3 Å². The van der Waals surface area contributed by atoms with E-state index in [1.54, 1.807) is 0 Å². The van der Waals surface area contributed by atoms with Crippen LogP contribution in [-0.4, -0.2) is 42.2 Å². The average Bonchev–Trinajstić information content (AvgIpc) is 3.32. The average molecular weight is 274 g/mol. The van der Waals surface area contributed by atoms with Crippen molar-refractivity contribution in [3.63, 3.8) is 0 Å². The number of β-amino-alcohol motifs (C(OH)–C–C–N with tert-alkyl or cyclic N) is 1. The van der Waals surface area contributed by atoms with Gasteiger partial charge in [-0.3, -0.25) is 0 Å². The number of rotatable bonds is 6. The molecule has 110 valence electrons. The second kappa shape index (κ2) is 6.70. The second-order valence-corrected chi connectivity index (χ2v) is 6.35. The maximum atomic E-state index is 10.3. The second-order valence-electron chi connectivity index (χ2n) is 6.35. The van der Waals surface area contributed by atoms with Gasteiger partial charge in [0.05, 0.1) is 6.10 Å². The van der Waals surface area contributed by atoms with Crippen molar-refractivity contribution in [1.29, 1.82) is 0 Å². The SMILES string of the molecule is OC(CN1CCC(NCC2CC2)CC1)c1ccccc1. The molecule has 1 aliphatic heterocycles. The minimum atomic E-state index is -0.354. The molecular weight excluding hydrogens is 248 g/mol. The van der Waals surface area contributed by atoms with Gasteiger partial charge >= 0.3 is 0 Å². The molecule has 1 aromatic rings. The van der Waals surface area contributed by atoms with Crippen LogP contribution in [-0.2, 0) is 0 Å². The Labute approximate surface area is 122 Å². The Morgan fingerprint density at radius 3 is 2.45 bits per heavy atom. The highest BCUT2D eigenvalue weighted by Crippen LogP contribution is 2.28. The standard InChI is InChI=1S/C17H26N2O/c20-17(15-4-2-1-3-5-15)13-19-10-8-16(9-11-19)18-12-14-6-7-14/h1-5,14,16-18,20H,6-13H2. The Morgan fingerprint density at radius 2 is 1.80 bits per heavy atom. The molecule has 1 unspecified atom stereocenters. The molecule has 3 rings (SSSR count). The first-order valence-corrected chi connectivity index (χ1v) is 8.00. The fourth-order valence-corrected chi connectivity index (χ4v) is 3.00. The quantitative estimate of drug-likeness (QED) is 0.834. The monoisotopic (exact) mass is 274 g/mol. The summed E-state index contributed by atoms with van der Waals surface area (Å²) in [5.74, 6) is 0.966. The summed E-state index contributed by atoms with van der Waals surface area (Å²) in [4.78, 5) is 2.40. The predicted octanol–water partition coefficient (Wildman–Crippen LogP) is 2.18. The third-order valence-electron chi connectivity index (χ3n) is 4.60. The molecule has 1 aromatic carbocycles. The highest BCUT2D eigenvalue weighted by atomic mass is 16.3. The molecule has 1 heterocycles. The van der Waals surface area contributed by atoms with Gasteiger partial charge in [-0.05, 0) is 56.8 Å². The Balaban J connectivity index is 1.39. The van der Waals surface area contributed by atoms with Crippen LogP contribution in [0.5, 0.6) is 0 Å². The molecule has 1 aliphatic carbocycles. The first-order valence-electron chi connectivity index (χ1n) is 8.00. The maximum absolute atomic E-state index is 10.3. The van der Waals surface area contributed by atoms with Crippen molar-refractivity contribution in [2.24, 2.45) is 5.92 Å². The van der Waals surface area contributed by atoms with E-state index in [4.69, 9.17) is 0 Å². The summed E-state index contributed by atoms with van der Waals surface area (Å²) in [7, 11) is 0. The van der Waals surface area contributed by atoms with Crippen LogP contribution in [0.4, 0.5) is 0 Å². The molecular formula is C17H26N2O. The maximum Gasteiger partial charge on any atom is 0.0916 e. The third-order valence-corrected chi connectivity index (χ3v) is 4.60. The topological polar surface area (TPSA) is 35.5 Å². The summed E-state index contributed by atoms with van der Waals surface area (Å²) >= 11 is 0. The summed E-state index contributed by atoms with van der Waals surface area (Å²) in [6.07, 6.45) is 4.93. The van der Waals surface area contributed by atoms with Gasteiger partial charge in [0.15, 0.2) is 0 Å². The van der Waals surface area contributed by atoms with Crippen molar-refractivity contribution in [3.8, 4) is 0 Å². The highest BCUT2D eigenvalue weighted by Gasteiger charge is 2.25. The molecule has 0 radical (unpaired) electrons. The zero-order valence-corrected chi connectivity index (χ0v) is 12.2. The molecule has 2 aliphatic rings. The zero-order valence-electron chi connectivity index (χ0n) is 12.2. The van der Waals surface area contributed by atoms with Crippen LogP contribution >= 0.6 is 0 Å². The van der Waals surface area contributed by atoms with E-state index in [1.165, 1.54) is 32.2 Å². The number of piperidine rings is 1. The molecule has 20 heavy (non-hydrogen) atoms. The first kappa shape index (κ1) is 14.1. The lowest BCUT2D eigenvalue weighted by Crippen LogP contribution is -2.44. The van der Waals surface area contributed by atoms with E-state index in [1.807, 2.05) is 30.3 Å². The van der Waals surface area contributed by atoms with Gasteiger partial charge in [0, 0.05) is 12.6 Å². The minimum Gasteiger partial charge on any atom is -0.387 e. The van der Waals surface area contributed by atoms with Crippen molar-refractivity contribution in [3.05, 3.63) is 35.9 Å². The van der Waals surface area contributed by atoms with Crippen LogP contribution in [0.3, 0.4) is 0 Å². The van der Waals surface area contributed by atoms with Crippen molar-refractivity contribution in [2.45, 2.75) is 37.8 Å². The predicted molar refractivity (Wildman–Crippen MR) is 81.6 cm³/mol. The van der Waals surface area contributed by atoms with Crippen molar-refractivity contribution >= 4 is 0 Å². The minimum absolute atomic E-state index is 0.354. The lowest BCUT2D eigenvalue weighted by Gasteiger charge is -2.33. The number of aliphatic hydroxyl groups excluding tert-OH is 1. The molecule has 1 atom stereocenters. The van der Waals surface area contributed by atoms with Gasteiger partial charge in [0.25, 0.3) is 0 Å². The summed E-state index contributed by atoms with van der Waals surface area (Å²) in [5.41, 5.74) is 1.03. The van der Waals surface area contributed by atoms with Gasteiger partial charge in [0.2, 0.25) is 0 Å². The van der Waals surface area contributed by atoms with Gasteiger partial charge in [-0.1, -0.05) is 30.3 Å². The summed E-state index contributed by atoms with van der Waals surface area (Å²) in [6, 6.07) is 10.7.